The third-order valence-corrected chi connectivity index (χ3v) is 1.92. The second kappa shape index (κ2) is 5.45. The van der Waals surface area contributed by atoms with Crippen molar-refractivity contribution in [2.45, 2.75) is 39.2 Å². The molecule has 0 bridgehead atoms. The average Bonchev–Trinajstić information content (AvgIpc) is 2.15. The maximum absolute atomic E-state index is 11.1. The summed E-state index contributed by atoms with van der Waals surface area (Å²) < 4.78 is 1.41. The molecule has 0 aliphatic rings. The molecule has 4 heteroatoms. The van der Waals surface area contributed by atoms with Crippen LogP contribution >= 0.6 is 0 Å². The first kappa shape index (κ1) is 9.89. The topological polar surface area (TPSA) is 47.8 Å². The molecule has 0 atom stereocenters. The summed E-state index contributed by atoms with van der Waals surface area (Å²) in [4.78, 5) is 11.1. The normalized spacial score (nSPS) is 10.2. The van der Waals surface area contributed by atoms with Gasteiger partial charge in [-0.3, -0.25) is 4.79 Å². The third kappa shape index (κ3) is 3.36. The van der Waals surface area contributed by atoms with Crippen LogP contribution in [0.5, 0.6) is 0 Å². The zero-order valence-electron chi connectivity index (χ0n) is 7.94. The molecule has 0 saturated heterocycles. The molecular weight excluding hydrogens is 166 g/mol. The van der Waals surface area contributed by atoms with Gasteiger partial charge >= 0.3 is 0 Å². The molecular formula is C9H15N3O. The van der Waals surface area contributed by atoms with Crippen LogP contribution in [0.1, 0.15) is 32.6 Å². The number of aromatic nitrogens is 3. The fourth-order valence-electron chi connectivity index (χ4n) is 1.16. The quantitative estimate of drug-likeness (QED) is 0.642. The van der Waals surface area contributed by atoms with E-state index in [1.165, 1.54) is 29.8 Å². The van der Waals surface area contributed by atoms with Gasteiger partial charge in [0.2, 0.25) is 0 Å². The molecule has 0 N–H and O–H groups in total. The third-order valence-electron chi connectivity index (χ3n) is 1.92. The van der Waals surface area contributed by atoms with Gasteiger partial charge in [0.15, 0.2) is 0 Å². The highest BCUT2D eigenvalue weighted by Gasteiger charge is 1.94. The maximum atomic E-state index is 11.1. The molecule has 1 heterocycles. The van der Waals surface area contributed by atoms with E-state index in [4.69, 9.17) is 0 Å². The maximum Gasteiger partial charge on any atom is 0.269 e. The molecule has 0 unspecified atom stereocenters. The van der Waals surface area contributed by atoms with Crippen molar-refractivity contribution in [3.05, 3.63) is 22.6 Å². The summed E-state index contributed by atoms with van der Waals surface area (Å²) >= 11 is 0. The van der Waals surface area contributed by atoms with Crippen LogP contribution in [0.4, 0.5) is 0 Å². The van der Waals surface area contributed by atoms with Crippen molar-refractivity contribution in [3.63, 3.8) is 0 Å². The van der Waals surface area contributed by atoms with Crippen molar-refractivity contribution >= 4 is 0 Å². The lowest BCUT2D eigenvalue weighted by Crippen LogP contribution is -2.22. The minimum Gasteiger partial charge on any atom is -0.268 e. The standard InChI is InChI=1S/C9H15N3O/c1-2-3-4-5-8-12-9(13)6-7-10-11-12/h6-7H,2-5,8H2,1H3. The Hall–Kier alpha value is -1.19. The van der Waals surface area contributed by atoms with E-state index in [0.717, 1.165) is 12.8 Å². The molecule has 0 amide bonds. The van der Waals surface area contributed by atoms with Crippen LogP contribution in [-0.2, 0) is 6.54 Å². The largest absolute Gasteiger partial charge is 0.269 e. The molecule has 1 aromatic heterocycles. The molecule has 0 aliphatic heterocycles. The predicted molar refractivity (Wildman–Crippen MR) is 50.4 cm³/mol. The lowest BCUT2D eigenvalue weighted by atomic mass is 10.2. The Morgan fingerprint density at radius 2 is 2.23 bits per heavy atom. The second-order valence-electron chi connectivity index (χ2n) is 3.04. The molecule has 1 aromatic rings. The Kier molecular flexibility index (Phi) is 4.15. The lowest BCUT2D eigenvalue weighted by molar-refractivity contribution is 0.495. The van der Waals surface area contributed by atoms with Gasteiger partial charge in [-0.2, -0.15) is 0 Å². The van der Waals surface area contributed by atoms with Crippen molar-refractivity contribution in [2.24, 2.45) is 0 Å². The Morgan fingerprint density at radius 3 is 2.92 bits per heavy atom. The Balaban J connectivity index is 2.37. The second-order valence-corrected chi connectivity index (χ2v) is 3.04. The number of hydrogen-bond acceptors (Lipinski definition) is 3. The predicted octanol–water partition coefficient (Wildman–Crippen LogP) is 1.22. The SMILES string of the molecule is CCCCCCn1nnccc1=O. The van der Waals surface area contributed by atoms with Gasteiger partial charge < -0.3 is 0 Å². The summed E-state index contributed by atoms with van der Waals surface area (Å²) in [6.07, 6.45) is 6.00. The molecule has 72 valence electrons. The van der Waals surface area contributed by atoms with Crippen LogP contribution < -0.4 is 5.56 Å². The van der Waals surface area contributed by atoms with E-state index in [0.29, 0.717) is 6.54 Å². The van der Waals surface area contributed by atoms with E-state index in [1.807, 2.05) is 0 Å². The van der Waals surface area contributed by atoms with Gasteiger partial charge in [0.25, 0.3) is 5.56 Å². The highest BCUT2D eigenvalue weighted by Crippen LogP contribution is 1.98. The summed E-state index contributed by atoms with van der Waals surface area (Å²) in [5.41, 5.74) is -0.0634. The first-order valence-corrected chi connectivity index (χ1v) is 4.73. The van der Waals surface area contributed by atoms with E-state index in [9.17, 15) is 4.79 Å². The first-order chi connectivity index (χ1) is 6.34. The number of rotatable bonds is 5. The first-order valence-electron chi connectivity index (χ1n) is 4.73. The van der Waals surface area contributed by atoms with Gasteiger partial charge in [-0.25, -0.2) is 4.68 Å². The van der Waals surface area contributed by atoms with Gasteiger partial charge in [-0.15, -0.1) is 5.10 Å². The van der Waals surface area contributed by atoms with Crippen LogP contribution in [0.3, 0.4) is 0 Å². The van der Waals surface area contributed by atoms with Crippen LogP contribution in [0, 0.1) is 0 Å². The molecule has 1 rings (SSSR count). The van der Waals surface area contributed by atoms with Gasteiger partial charge in [-0.05, 0) is 6.42 Å². The van der Waals surface area contributed by atoms with E-state index >= 15 is 0 Å². The smallest absolute Gasteiger partial charge is 0.268 e. The minimum absolute atomic E-state index is 0.0634. The van der Waals surface area contributed by atoms with E-state index in [-0.39, 0.29) is 5.56 Å². The van der Waals surface area contributed by atoms with Crippen molar-refractivity contribution in [1.82, 2.24) is 15.0 Å². The summed E-state index contributed by atoms with van der Waals surface area (Å²) in [5.74, 6) is 0. The molecule has 0 aliphatic carbocycles. The zero-order valence-corrected chi connectivity index (χ0v) is 7.94. The van der Waals surface area contributed by atoms with Crippen LogP contribution in [-0.4, -0.2) is 15.0 Å². The highest BCUT2D eigenvalue weighted by atomic mass is 16.1. The summed E-state index contributed by atoms with van der Waals surface area (Å²) in [6.45, 7) is 2.85. The number of unbranched alkanes of at least 4 members (excludes halogenated alkanes) is 3. The molecule has 0 saturated carbocycles. The zero-order chi connectivity index (χ0) is 9.52. The monoisotopic (exact) mass is 181 g/mol. The van der Waals surface area contributed by atoms with Gasteiger partial charge in [-0.1, -0.05) is 31.4 Å². The highest BCUT2D eigenvalue weighted by molar-refractivity contribution is 4.76. The lowest BCUT2D eigenvalue weighted by Gasteiger charge is -2.00. The van der Waals surface area contributed by atoms with Crippen molar-refractivity contribution in [3.8, 4) is 0 Å². The van der Waals surface area contributed by atoms with E-state index < -0.39 is 0 Å². The molecule has 4 nitrogen and oxygen atoms in total. The molecule has 0 spiro atoms. The summed E-state index contributed by atoms with van der Waals surface area (Å²) in [6, 6.07) is 1.44. The van der Waals surface area contributed by atoms with Crippen molar-refractivity contribution in [1.29, 1.82) is 0 Å². The van der Waals surface area contributed by atoms with Gasteiger partial charge in [0, 0.05) is 12.6 Å². The Morgan fingerprint density at radius 1 is 1.38 bits per heavy atom. The molecule has 0 radical (unpaired) electrons. The van der Waals surface area contributed by atoms with E-state index in [2.05, 4.69) is 17.2 Å². The van der Waals surface area contributed by atoms with Crippen LogP contribution in [0.25, 0.3) is 0 Å². The minimum atomic E-state index is -0.0634. The van der Waals surface area contributed by atoms with Crippen molar-refractivity contribution in [2.75, 3.05) is 0 Å². The Bertz CT molecular complexity index is 295. The Labute approximate surface area is 77.6 Å². The molecule has 13 heavy (non-hydrogen) atoms. The van der Waals surface area contributed by atoms with Gasteiger partial charge in [0.1, 0.15) is 0 Å². The van der Waals surface area contributed by atoms with E-state index in [1.54, 1.807) is 0 Å². The number of aryl methyl sites for hydroxylation is 1. The van der Waals surface area contributed by atoms with Gasteiger partial charge in [0.05, 0.1) is 6.20 Å². The number of nitrogens with zero attached hydrogens (tertiary/aromatic N) is 3. The molecule has 0 fully saturated rings. The molecule has 0 aromatic carbocycles. The summed E-state index contributed by atoms with van der Waals surface area (Å²) in [5, 5.41) is 7.39. The number of hydrogen-bond donors (Lipinski definition) is 0. The fraction of sp³-hybridized carbons (Fsp3) is 0.667. The fourth-order valence-corrected chi connectivity index (χ4v) is 1.16. The van der Waals surface area contributed by atoms with Crippen LogP contribution in [0.2, 0.25) is 0 Å². The van der Waals surface area contributed by atoms with Crippen LogP contribution in [0.15, 0.2) is 17.1 Å². The average molecular weight is 181 g/mol. The van der Waals surface area contributed by atoms with Crippen molar-refractivity contribution < 1.29 is 0 Å². The summed E-state index contributed by atoms with van der Waals surface area (Å²) in [7, 11) is 0.